The van der Waals surface area contributed by atoms with E-state index in [0.717, 1.165) is 64.0 Å². The van der Waals surface area contributed by atoms with Crippen molar-refractivity contribution in [1.29, 1.82) is 0 Å². The van der Waals surface area contributed by atoms with Crippen LogP contribution in [0.25, 0.3) is 0 Å². The molecule has 0 heterocycles. The minimum atomic E-state index is -0.179. The van der Waals surface area contributed by atoms with Gasteiger partial charge in [-0.15, -0.1) is 0 Å². The number of halogens is 1. The highest BCUT2D eigenvalue weighted by Crippen LogP contribution is 2.48. The molecule has 2 fully saturated rings. The molecule has 0 bridgehead atoms. The van der Waals surface area contributed by atoms with Crippen molar-refractivity contribution in [3.63, 3.8) is 0 Å². The number of hydrogen-bond donors (Lipinski definition) is 2. The topological polar surface area (TPSA) is 45.7 Å². The minimum absolute atomic E-state index is 0.101. The van der Waals surface area contributed by atoms with Gasteiger partial charge in [-0.05, 0) is 62.6 Å². The summed E-state index contributed by atoms with van der Waals surface area (Å²) in [5, 5.41) is 6.69. The maximum absolute atomic E-state index is 13.1. The summed E-state index contributed by atoms with van der Waals surface area (Å²) in [5.41, 5.74) is 1.30. The molecule has 0 amide bonds. The SMILES string of the molecule is CCNC(=NCC1(c2ccc(F)cc2)CC1)NCCCOCC1CC1. The van der Waals surface area contributed by atoms with Gasteiger partial charge in [0.05, 0.1) is 6.54 Å². The van der Waals surface area contributed by atoms with Crippen molar-refractivity contribution in [2.24, 2.45) is 10.9 Å². The van der Waals surface area contributed by atoms with Crippen LogP contribution >= 0.6 is 0 Å². The van der Waals surface area contributed by atoms with E-state index in [2.05, 4.69) is 17.6 Å². The maximum Gasteiger partial charge on any atom is 0.191 e. The summed E-state index contributed by atoms with van der Waals surface area (Å²) >= 11 is 0. The minimum Gasteiger partial charge on any atom is -0.381 e. The summed E-state index contributed by atoms with van der Waals surface area (Å²) in [6, 6.07) is 6.89. The summed E-state index contributed by atoms with van der Waals surface area (Å²) in [5.74, 6) is 1.51. The predicted molar refractivity (Wildman–Crippen MR) is 99.5 cm³/mol. The van der Waals surface area contributed by atoms with Crippen LogP contribution in [0.2, 0.25) is 0 Å². The first-order chi connectivity index (χ1) is 12.2. The van der Waals surface area contributed by atoms with E-state index in [1.807, 2.05) is 12.1 Å². The van der Waals surface area contributed by atoms with E-state index in [9.17, 15) is 4.39 Å². The molecule has 0 aliphatic heterocycles. The highest BCUT2D eigenvalue weighted by atomic mass is 19.1. The molecule has 1 aromatic carbocycles. The second kappa shape index (κ2) is 8.65. The average molecular weight is 347 g/mol. The Morgan fingerprint density at radius 2 is 2.00 bits per heavy atom. The first-order valence-electron chi connectivity index (χ1n) is 9.58. The van der Waals surface area contributed by atoms with Crippen LogP contribution < -0.4 is 10.6 Å². The second-order valence-electron chi connectivity index (χ2n) is 7.28. The Labute approximate surface area is 150 Å². The number of nitrogens with one attached hydrogen (secondary N) is 2. The van der Waals surface area contributed by atoms with Crippen molar-refractivity contribution in [2.75, 3.05) is 32.8 Å². The number of benzene rings is 1. The smallest absolute Gasteiger partial charge is 0.191 e. The lowest BCUT2D eigenvalue weighted by atomic mass is 9.96. The van der Waals surface area contributed by atoms with Gasteiger partial charge in [0, 0.05) is 31.7 Å². The van der Waals surface area contributed by atoms with E-state index in [4.69, 9.17) is 9.73 Å². The molecule has 5 heteroatoms. The van der Waals surface area contributed by atoms with Gasteiger partial charge in [-0.1, -0.05) is 12.1 Å². The molecular weight excluding hydrogens is 317 g/mol. The normalized spacial score (nSPS) is 18.9. The van der Waals surface area contributed by atoms with Gasteiger partial charge in [-0.2, -0.15) is 0 Å². The summed E-state index contributed by atoms with van der Waals surface area (Å²) in [4.78, 5) is 4.76. The van der Waals surface area contributed by atoms with Crippen LogP contribution in [-0.4, -0.2) is 38.8 Å². The largest absolute Gasteiger partial charge is 0.381 e. The monoisotopic (exact) mass is 347 g/mol. The third-order valence-corrected chi connectivity index (χ3v) is 5.00. The molecule has 1 aromatic rings. The third-order valence-electron chi connectivity index (χ3n) is 5.00. The van der Waals surface area contributed by atoms with Gasteiger partial charge in [0.15, 0.2) is 5.96 Å². The molecule has 0 unspecified atom stereocenters. The lowest BCUT2D eigenvalue weighted by molar-refractivity contribution is 0.123. The number of aliphatic imine (C=N–C) groups is 1. The standard InChI is InChI=1S/C20H30FN3O/c1-2-22-19(23-12-3-13-25-14-16-4-5-16)24-15-20(10-11-20)17-6-8-18(21)9-7-17/h6-9,16H,2-5,10-15H2,1H3,(H2,22,23,24). The molecule has 0 aromatic heterocycles. The molecule has 25 heavy (non-hydrogen) atoms. The van der Waals surface area contributed by atoms with E-state index < -0.39 is 0 Å². The maximum atomic E-state index is 13.1. The van der Waals surface area contributed by atoms with Crippen molar-refractivity contribution < 1.29 is 9.13 Å². The highest BCUT2D eigenvalue weighted by molar-refractivity contribution is 5.79. The summed E-state index contributed by atoms with van der Waals surface area (Å²) < 4.78 is 18.8. The first-order valence-corrected chi connectivity index (χ1v) is 9.58. The fourth-order valence-corrected chi connectivity index (χ4v) is 2.98. The molecular formula is C20H30FN3O. The molecule has 0 spiro atoms. The van der Waals surface area contributed by atoms with Gasteiger partial charge in [0.2, 0.25) is 0 Å². The number of rotatable bonds is 10. The van der Waals surface area contributed by atoms with E-state index >= 15 is 0 Å². The van der Waals surface area contributed by atoms with Crippen LogP contribution in [0.15, 0.2) is 29.3 Å². The third kappa shape index (κ3) is 5.70. The van der Waals surface area contributed by atoms with Gasteiger partial charge in [-0.3, -0.25) is 4.99 Å². The summed E-state index contributed by atoms with van der Waals surface area (Å²) in [6.07, 6.45) is 5.91. The van der Waals surface area contributed by atoms with Gasteiger partial charge in [0.25, 0.3) is 0 Å². The molecule has 0 radical (unpaired) electrons. The molecule has 4 nitrogen and oxygen atoms in total. The van der Waals surface area contributed by atoms with Gasteiger partial charge in [0.1, 0.15) is 5.82 Å². The lowest BCUT2D eigenvalue weighted by Gasteiger charge is -2.16. The Morgan fingerprint density at radius 1 is 1.24 bits per heavy atom. The quantitative estimate of drug-likeness (QED) is 0.388. The molecule has 2 aliphatic rings. The molecule has 0 saturated heterocycles. The average Bonchev–Trinajstić information content (AvgIpc) is 3.52. The van der Waals surface area contributed by atoms with Crippen LogP contribution in [0.5, 0.6) is 0 Å². The van der Waals surface area contributed by atoms with Crippen LogP contribution in [-0.2, 0) is 10.2 Å². The highest BCUT2D eigenvalue weighted by Gasteiger charge is 2.44. The fraction of sp³-hybridized carbons (Fsp3) is 0.650. The van der Waals surface area contributed by atoms with Gasteiger partial charge < -0.3 is 15.4 Å². The summed E-state index contributed by atoms with van der Waals surface area (Å²) in [7, 11) is 0. The van der Waals surface area contributed by atoms with Gasteiger partial charge >= 0.3 is 0 Å². The molecule has 2 N–H and O–H groups in total. The molecule has 138 valence electrons. The second-order valence-corrected chi connectivity index (χ2v) is 7.28. The van der Waals surface area contributed by atoms with Crippen molar-refractivity contribution in [3.8, 4) is 0 Å². The summed E-state index contributed by atoms with van der Waals surface area (Å²) in [6.45, 7) is 6.25. The van der Waals surface area contributed by atoms with Crippen LogP contribution in [0, 0.1) is 11.7 Å². The molecule has 0 atom stereocenters. The van der Waals surface area contributed by atoms with Crippen molar-refractivity contribution in [1.82, 2.24) is 10.6 Å². The van der Waals surface area contributed by atoms with E-state index in [1.165, 1.54) is 18.4 Å². The van der Waals surface area contributed by atoms with Crippen LogP contribution in [0.4, 0.5) is 4.39 Å². The van der Waals surface area contributed by atoms with E-state index in [0.29, 0.717) is 0 Å². The number of hydrogen-bond acceptors (Lipinski definition) is 2. The Kier molecular flexibility index (Phi) is 6.29. The first kappa shape index (κ1) is 18.2. The molecule has 3 rings (SSSR count). The van der Waals surface area contributed by atoms with Gasteiger partial charge in [-0.25, -0.2) is 4.39 Å². The van der Waals surface area contributed by atoms with Crippen molar-refractivity contribution in [3.05, 3.63) is 35.6 Å². The number of ether oxygens (including phenoxy) is 1. The zero-order valence-electron chi connectivity index (χ0n) is 15.2. The number of guanidine groups is 1. The van der Waals surface area contributed by atoms with Crippen LogP contribution in [0.1, 0.15) is 44.6 Å². The Balaban J connectivity index is 1.43. The lowest BCUT2D eigenvalue weighted by Crippen LogP contribution is -2.38. The van der Waals surface area contributed by atoms with Crippen molar-refractivity contribution >= 4 is 5.96 Å². The predicted octanol–water partition coefficient (Wildman–Crippen LogP) is 3.23. The molecule has 2 saturated carbocycles. The number of nitrogens with zero attached hydrogens (tertiary/aromatic N) is 1. The Morgan fingerprint density at radius 3 is 2.64 bits per heavy atom. The zero-order valence-corrected chi connectivity index (χ0v) is 15.2. The van der Waals surface area contributed by atoms with Crippen molar-refractivity contribution in [2.45, 2.75) is 44.4 Å². The van der Waals surface area contributed by atoms with E-state index in [-0.39, 0.29) is 11.2 Å². The Hall–Kier alpha value is -1.62. The Bertz CT molecular complexity index is 565. The fourth-order valence-electron chi connectivity index (χ4n) is 2.98. The molecule has 2 aliphatic carbocycles. The van der Waals surface area contributed by atoms with Crippen LogP contribution in [0.3, 0.4) is 0 Å². The van der Waals surface area contributed by atoms with E-state index in [1.54, 1.807) is 12.1 Å². The zero-order chi connectivity index (χ0) is 17.5.